The van der Waals surface area contributed by atoms with Gasteiger partial charge >= 0.3 is 0 Å². The van der Waals surface area contributed by atoms with Gasteiger partial charge in [-0.25, -0.2) is 0 Å². The minimum Gasteiger partial charge on any atom is -0.356 e. The Labute approximate surface area is 127 Å². The molecule has 0 aliphatic rings. The Morgan fingerprint density at radius 1 is 0.850 bits per heavy atom. The molecule has 0 aliphatic heterocycles. The molecule has 0 atom stereocenters. The summed E-state index contributed by atoms with van der Waals surface area (Å²) in [5.41, 5.74) is 0.482. The van der Waals surface area contributed by atoms with Gasteiger partial charge in [0.05, 0.1) is 0 Å². The summed E-state index contributed by atoms with van der Waals surface area (Å²) < 4.78 is 0. The first-order valence-corrected chi connectivity index (χ1v) is 8.72. The molecule has 1 amide bonds. The summed E-state index contributed by atoms with van der Waals surface area (Å²) in [6, 6.07) is 0. The molecule has 0 bridgehead atoms. The maximum Gasteiger partial charge on any atom is 0.219 e. The van der Waals surface area contributed by atoms with E-state index in [-0.39, 0.29) is 5.91 Å². The lowest BCUT2D eigenvalue weighted by Gasteiger charge is -2.17. The molecule has 0 radical (unpaired) electrons. The molecular weight excluding hydrogens is 246 g/mol. The zero-order valence-electron chi connectivity index (χ0n) is 14.4. The molecule has 0 heterocycles. The molecule has 0 spiro atoms. The number of nitrogens with one attached hydrogen (secondary N) is 1. The van der Waals surface area contributed by atoms with Crippen LogP contribution in [-0.2, 0) is 4.79 Å². The number of carbonyl (C=O) groups is 1. The van der Waals surface area contributed by atoms with Crippen LogP contribution < -0.4 is 5.32 Å². The van der Waals surface area contributed by atoms with Gasteiger partial charge in [-0.15, -0.1) is 0 Å². The van der Waals surface area contributed by atoms with E-state index in [0.717, 1.165) is 19.4 Å². The minimum absolute atomic E-state index is 0.244. The molecule has 1 N–H and O–H groups in total. The van der Waals surface area contributed by atoms with Crippen LogP contribution in [-0.4, -0.2) is 12.5 Å². The number of carbonyl (C=O) groups excluding carboxylic acids is 1. The number of hydrogen-bond donors (Lipinski definition) is 1. The number of hydrogen-bond acceptors (Lipinski definition) is 1. The summed E-state index contributed by atoms with van der Waals surface area (Å²) in [7, 11) is 0. The van der Waals surface area contributed by atoms with Crippen molar-refractivity contribution in [2.75, 3.05) is 6.54 Å². The SMILES string of the molecule is CCCCCNC(=O)CCCCCCCCC(C)(C)C. The van der Waals surface area contributed by atoms with Crippen molar-refractivity contribution in [1.82, 2.24) is 5.32 Å². The van der Waals surface area contributed by atoms with Crippen LogP contribution in [0.2, 0.25) is 0 Å². The van der Waals surface area contributed by atoms with Crippen LogP contribution in [0.4, 0.5) is 0 Å². The van der Waals surface area contributed by atoms with Crippen LogP contribution in [0.5, 0.6) is 0 Å². The van der Waals surface area contributed by atoms with Crippen molar-refractivity contribution in [3.05, 3.63) is 0 Å². The Morgan fingerprint density at radius 2 is 1.45 bits per heavy atom. The number of unbranched alkanes of at least 4 members (excludes halogenated alkanes) is 7. The minimum atomic E-state index is 0.244. The lowest BCUT2D eigenvalue weighted by molar-refractivity contribution is -0.121. The average Bonchev–Trinajstić information content (AvgIpc) is 2.36. The highest BCUT2D eigenvalue weighted by Gasteiger charge is 2.08. The zero-order valence-corrected chi connectivity index (χ0v) is 14.4. The van der Waals surface area contributed by atoms with Gasteiger partial charge in [-0.1, -0.05) is 72.6 Å². The second-order valence-electron chi connectivity index (χ2n) is 7.24. The van der Waals surface area contributed by atoms with Crippen LogP contribution in [0.25, 0.3) is 0 Å². The van der Waals surface area contributed by atoms with Gasteiger partial charge in [0.1, 0.15) is 0 Å². The highest BCUT2D eigenvalue weighted by molar-refractivity contribution is 5.75. The van der Waals surface area contributed by atoms with Crippen molar-refractivity contribution >= 4 is 5.91 Å². The third-order valence-corrected chi connectivity index (χ3v) is 3.68. The van der Waals surface area contributed by atoms with Crippen molar-refractivity contribution in [2.45, 2.75) is 98.3 Å². The van der Waals surface area contributed by atoms with E-state index in [1.807, 2.05) is 0 Å². The summed E-state index contributed by atoms with van der Waals surface area (Å²) in [6.07, 6.45) is 13.2. The largest absolute Gasteiger partial charge is 0.356 e. The topological polar surface area (TPSA) is 29.1 Å². The van der Waals surface area contributed by atoms with E-state index in [2.05, 4.69) is 33.0 Å². The van der Waals surface area contributed by atoms with Gasteiger partial charge in [0.25, 0.3) is 0 Å². The lowest BCUT2D eigenvalue weighted by atomic mass is 9.89. The van der Waals surface area contributed by atoms with Gasteiger partial charge in [-0.3, -0.25) is 4.79 Å². The van der Waals surface area contributed by atoms with Crippen LogP contribution in [0, 0.1) is 5.41 Å². The molecule has 120 valence electrons. The second-order valence-corrected chi connectivity index (χ2v) is 7.24. The van der Waals surface area contributed by atoms with E-state index in [1.54, 1.807) is 0 Å². The van der Waals surface area contributed by atoms with Gasteiger partial charge in [0, 0.05) is 13.0 Å². The van der Waals surface area contributed by atoms with E-state index in [1.165, 1.54) is 51.4 Å². The number of rotatable bonds is 12. The molecule has 0 saturated carbocycles. The summed E-state index contributed by atoms with van der Waals surface area (Å²) >= 11 is 0. The highest BCUT2D eigenvalue weighted by atomic mass is 16.1. The maximum atomic E-state index is 11.5. The summed E-state index contributed by atoms with van der Waals surface area (Å²) in [5, 5.41) is 3.01. The Hall–Kier alpha value is -0.530. The zero-order chi connectivity index (χ0) is 15.3. The average molecular weight is 283 g/mol. The van der Waals surface area contributed by atoms with Crippen molar-refractivity contribution in [1.29, 1.82) is 0 Å². The predicted molar refractivity (Wildman–Crippen MR) is 88.9 cm³/mol. The molecule has 0 rings (SSSR count). The van der Waals surface area contributed by atoms with Gasteiger partial charge < -0.3 is 5.32 Å². The highest BCUT2D eigenvalue weighted by Crippen LogP contribution is 2.22. The summed E-state index contributed by atoms with van der Waals surface area (Å²) in [4.78, 5) is 11.5. The number of amides is 1. The Balaban J connectivity index is 3.21. The fourth-order valence-corrected chi connectivity index (χ4v) is 2.34. The second kappa shape index (κ2) is 12.2. The van der Waals surface area contributed by atoms with E-state index < -0.39 is 0 Å². The molecule has 0 aromatic rings. The van der Waals surface area contributed by atoms with Crippen molar-refractivity contribution in [3.63, 3.8) is 0 Å². The lowest BCUT2D eigenvalue weighted by Crippen LogP contribution is -2.23. The molecular formula is C18H37NO. The molecule has 0 saturated heterocycles. The van der Waals surface area contributed by atoms with Gasteiger partial charge in [0.2, 0.25) is 5.91 Å². The monoisotopic (exact) mass is 283 g/mol. The predicted octanol–water partition coefficient (Wildman–Crippen LogP) is 5.46. The van der Waals surface area contributed by atoms with E-state index in [9.17, 15) is 4.79 Å². The van der Waals surface area contributed by atoms with Gasteiger partial charge in [-0.2, -0.15) is 0 Å². The first kappa shape index (κ1) is 19.5. The van der Waals surface area contributed by atoms with E-state index in [0.29, 0.717) is 11.8 Å². The van der Waals surface area contributed by atoms with E-state index >= 15 is 0 Å². The Kier molecular flexibility index (Phi) is 11.9. The van der Waals surface area contributed by atoms with Crippen molar-refractivity contribution in [2.24, 2.45) is 5.41 Å². The fourth-order valence-electron chi connectivity index (χ4n) is 2.34. The molecule has 2 nitrogen and oxygen atoms in total. The molecule has 0 fully saturated rings. The van der Waals surface area contributed by atoms with Gasteiger partial charge in [0.15, 0.2) is 0 Å². The smallest absolute Gasteiger partial charge is 0.219 e. The molecule has 0 aromatic heterocycles. The Morgan fingerprint density at radius 3 is 2.05 bits per heavy atom. The van der Waals surface area contributed by atoms with Crippen molar-refractivity contribution < 1.29 is 4.79 Å². The van der Waals surface area contributed by atoms with Gasteiger partial charge in [-0.05, 0) is 24.7 Å². The van der Waals surface area contributed by atoms with Crippen LogP contribution in [0.1, 0.15) is 98.3 Å². The molecule has 20 heavy (non-hydrogen) atoms. The Bertz CT molecular complexity index is 230. The summed E-state index contributed by atoms with van der Waals surface area (Å²) in [6.45, 7) is 9.98. The van der Waals surface area contributed by atoms with E-state index in [4.69, 9.17) is 0 Å². The van der Waals surface area contributed by atoms with Crippen LogP contribution in [0.3, 0.4) is 0 Å². The fraction of sp³-hybridized carbons (Fsp3) is 0.944. The van der Waals surface area contributed by atoms with Crippen LogP contribution in [0.15, 0.2) is 0 Å². The standard InChI is InChI=1S/C18H37NO/c1-5-6-13-16-19-17(20)14-11-9-7-8-10-12-15-18(2,3)4/h5-16H2,1-4H3,(H,19,20). The molecule has 0 aliphatic carbocycles. The first-order chi connectivity index (χ1) is 9.45. The first-order valence-electron chi connectivity index (χ1n) is 8.72. The summed E-state index contributed by atoms with van der Waals surface area (Å²) in [5.74, 6) is 0.244. The maximum absolute atomic E-state index is 11.5. The van der Waals surface area contributed by atoms with Crippen molar-refractivity contribution in [3.8, 4) is 0 Å². The molecule has 0 unspecified atom stereocenters. The third-order valence-electron chi connectivity index (χ3n) is 3.68. The molecule has 2 heteroatoms. The normalized spacial score (nSPS) is 11.6. The quantitative estimate of drug-likeness (QED) is 0.473. The molecule has 0 aromatic carbocycles. The third kappa shape index (κ3) is 15.5. The van der Waals surface area contributed by atoms with Crippen LogP contribution >= 0.6 is 0 Å².